The van der Waals surface area contributed by atoms with Gasteiger partial charge in [0.15, 0.2) is 0 Å². The van der Waals surface area contributed by atoms with Crippen LogP contribution in [0.4, 0.5) is 9.18 Å². The summed E-state index contributed by atoms with van der Waals surface area (Å²) in [5, 5.41) is 9.44. The molecule has 1 heterocycles. The van der Waals surface area contributed by atoms with Gasteiger partial charge in [-0.15, -0.1) is 0 Å². The fourth-order valence-electron chi connectivity index (χ4n) is 2.30. The number of nitrogens with zero attached hydrogens (tertiary/aromatic N) is 1. The third-order valence-electron chi connectivity index (χ3n) is 3.21. The van der Waals surface area contributed by atoms with E-state index in [4.69, 9.17) is 4.74 Å². The Hall–Kier alpha value is -1.78. The van der Waals surface area contributed by atoms with E-state index < -0.39 is 11.4 Å². The van der Waals surface area contributed by atoms with E-state index in [1.807, 2.05) is 20.8 Å². The Morgan fingerprint density at radius 2 is 1.95 bits per heavy atom. The minimum atomic E-state index is -0.542. The average Bonchev–Trinajstić information content (AvgIpc) is 2.49. The van der Waals surface area contributed by atoms with Crippen molar-refractivity contribution in [3.8, 4) is 5.75 Å². The Morgan fingerprint density at radius 1 is 1.30 bits per heavy atom. The molecule has 0 aromatic heterocycles. The van der Waals surface area contributed by atoms with E-state index >= 15 is 0 Å². The lowest BCUT2D eigenvalue weighted by molar-refractivity contribution is 0.0258. The monoisotopic (exact) mass is 281 g/mol. The summed E-state index contributed by atoms with van der Waals surface area (Å²) in [5.41, 5.74) is 0.794. The van der Waals surface area contributed by atoms with Crippen LogP contribution in [0, 0.1) is 5.82 Å². The van der Waals surface area contributed by atoms with E-state index in [1.54, 1.807) is 11.0 Å². The number of hydrogen-bond donors (Lipinski definition) is 1. The molecule has 0 saturated heterocycles. The SMILES string of the molecule is CC(C)(C)OC(=O)N1CCc2cc(O)cc(F)c2CC1. The number of hydrogen-bond acceptors (Lipinski definition) is 3. The molecule has 110 valence electrons. The Balaban J connectivity index is 2.12. The number of phenolic OH excluding ortho intramolecular Hbond substituents is 1. The lowest BCUT2D eigenvalue weighted by Crippen LogP contribution is -2.38. The van der Waals surface area contributed by atoms with Gasteiger partial charge < -0.3 is 14.7 Å². The van der Waals surface area contributed by atoms with Crippen molar-refractivity contribution in [3.63, 3.8) is 0 Å². The summed E-state index contributed by atoms with van der Waals surface area (Å²) in [5.74, 6) is -0.488. The van der Waals surface area contributed by atoms with E-state index in [0.717, 1.165) is 11.6 Å². The first-order valence-corrected chi connectivity index (χ1v) is 6.74. The van der Waals surface area contributed by atoms with Crippen molar-refractivity contribution >= 4 is 6.09 Å². The van der Waals surface area contributed by atoms with Crippen LogP contribution in [0.1, 0.15) is 31.9 Å². The molecule has 20 heavy (non-hydrogen) atoms. The molecule has 0 saturated carbocycles. The lowest BCUT2D eigenvalue weighted by Gasteiger charge is -2.26. The number of fused-ring (bicyclic) bond motifs is 1. The Bertz CT molecular complexity index is 523. The number of carbonyl (C=O) groups excluding carboxylic acids is 1. The summed E-state index contributed by atoms with van der Waals surface area (Å²) < 4.78 is 19.1. The molecule has 1 aliphatic heterocycles. The first kappa shape index (κ1) is 14.6. The Morgan fingerprint density at radius 3 is 2.60 bits per heavy atom. The lowest BCUT2D eigenvalue weighted by atomic mass is 10.0. The summed E-state index contributed by atoms with van der Waals surface area (Å²) in [6.45, 7) is 6.33. The van der Waals surface area contributed by atoms with Gasteiger partial charge in [0, 0.05) is 19.2 Å². The minimum absolute atomic E-state index is 0.0769. The third kappa shape index (κ3) is 3.40. The first-order chi connectivity index (χ1) is 9.26. The van der Waals surface area contributed by atoms with E-state index in [0.29, 0.717) is 31.5 Å². The summed E-state index contributed by atoms with van der Waals surface area (Å²) >= 11 is 0. The predicted octanol–water partition coefficient (Wildman–Crippen LogP) is 2.87. The van der Waals surface area contributed by atoms with Gasteiger partial charge in [0.2, 0.25) is 0 Å². The second-order valence-corrected chi connectivity index (χ2v) is 6.03. The number of aromatic hydroxyl groups is 1. The van der Waals surface area contributed by atoms with Gasteiger partial charge in [-0.25, -0.2) is 9.18 Å². The van der Waals surface area contributed by atoms with Crippen LogP contribution < -0.4 is 0 Å². The molecule has 5 heteroatoms. The highest BCUT2D eigenvalue weighted by Gasteiger charge is 2.25. The van der Waals surface area contributed by atoms with Gasteiger partial charge in [-0.05, 0) is 50.8 Å². The zero-order chi connectivity index (χ0) is 14.9. The van der Waals surface area contributed by atoms with Crippen LogP contribution in [0.3, 0.4) is 0 Å². The van der Waals surface area contributed by atoms with Gasteiger partial charge in [-0.2, -0.15) is 0 Å². The van der Waals surface area contributed by atoms with E-state index in [9.17, 15) is 14.3 Å². The average molecular weight is 281 g/mol. The zero-order valence-corrected chi connectivity index (χ0v) is 12.1. The molecule has 1 N–H and O–H groups in total. The molecule has 2 rings (SSSR count). The van der Waals surface area contributed by atoms with Crippen molar-refractivity contribution in [2.75, 3.05) is 13.1 Å². The zero-order valence-electron chi connectivity index (χ0n) is 12.1. The second-order valence-electron chi connectivity index (χ2n) is 6.03. The molecule has 0 radical (unpaired) electrons. The highest BCUT2D eigenvalue weighted by atomic mass is 19.1. The van der Waals surface area contributed by atoms with Crippen molar-refractivity contribution in [1.82, 2.24) is 4.90 Å². The number of rotatable bonds is 0. The third-order valence-corrected chi connectivity index (χ3v) is 3.21. The van der Waals surface area contributed by atoms with Crippen molar-refractivity contribution in [2.45, 2.75) is 39.2 Å². The maximum absolute atomic E-state index is 13.8. The molecular weight excluding hydrogens is 261 g/mol. The van der Waals surface area contributed by atoms with Crippen molar-refractivity contribution < 1.29 is 19.0 Å². The number of phenols is 1. The summed E-state index contributed by atoms with van der Waals surface area (Å²) in [6.07, 6.45) is 0.565. The molecule has 1 aliphatic rings. The topological polar surface area (TPSA) is 49.8 Å². The van der Waals surface area contributed by atoms with Crippen molar-refractivity contribution in [2.24, 2.45) is 0 Å². The van der Waals surface area contributed by atoms with Gasteiger partial charge in [0.1, 0.15) is 17.2 Å². The molecule has 0 unspecified atom stereocenters. The fraction of sp³-hybridized carbons (Fsp3) is 0.533. The van der Waals surface area contributed by atoms with Crippen LogP contribution >= 0.6 is 0 Å². The number of amides is 1. The van der Waals surface area contributed by atoms with Crippen LogP contribution in [0.15, 0.2) is 12.1 Å². The number of benzene rings is 1. The predicted molar refractivity (Wildman–Crippen MR) is 73.3 cm³/mol. The maximum atomic E-state index is 13.8. The molecule has 0 atom stereocenters. The second kappa shape index (κ2) is 5.31. The molecule has 1 aromatic rings. The van der Waals surface area contributed by atoms with Crippen molar-refractivity contribution in [1.29, 1.82) is 0 Å². The molecule has 0 bridgehead atoms. The molecule has 1 amide bonds. The normalized spacial score (nSPS) is 15.5. The molecule has 0 aliphatic carbocycles. The fourth-order valence-corrected chi connectivity index (χ4v) is 2.30. The van der Waals surface area contributed by atoms with Crippen LogP contribution in [-0.2, 0) is 17.6 Å². The minimum Gasteiger partial charge on any atom is -0.508 e. The molecule has 4 nitrogen and oxygen atoms in total. The van der Waals surface area contributed by atoms with Crippen LogP contribution in [-0.4, -0.2) is 34.8 Å². The van der Waals surface area contributed by atoms with Crippen LogP contribution in [0.2, 0.25) is 0 Å². The molecule has 1 aromatic carbocycles. The quantitative estimate of drug-likeness (QED) is 0.795. The summed E-state index contributed by atoms with van der Waals surface area (Å²) in [6, 6.07) is 2.68. The van der Waals surface area contributed by atoms with Gasteiger partial charge in [0.05, 0.1) is 0 Å². The van der Waals surface area contributed by atoms with E-state index in [-0.39, 0.29) is 11.8 Å². The van der Waals surface area contributed by atoms with Gasteiger partial charge >= 0.3 is 6.09 Å². The van der Waals surface area contributed by atoms with Gasteiger partial charge in [-0.1, -0.05) is 0 Å². The maximum Gasteiger partial charge on any atom is 0.410 e. The molecular formula is C15H20FNO3. The van der Waals surface area contributed by atoms with Gasteiger partial charge in [0.25, 0.3) is 0 Å². The largest absolute Gasteiger partial charge is 0.508 e. The number of halogens is 1. The van der Waals surface area contributed by atoms with Gasteiger partial charge in [-0.3, -0.25) is 0 Å². The number of carbonyl (C=O) groups is 1. The number of ether oxygens (including phenoxy) is 1. The molecule has 0 spiro atoms. The molecule has 0 fully saturated rings. The smallest absolute Gasteiger partial charge is 0.410 e. The van der Waals surface area contributed by atoms with E-state index in [1.165, 1.54) is 0 Å². The highest BCUT2D eigenvalue weighted by molar-refractivity contribution is 5.68. The van der Waals surface area contributed by atoms with Crippen LogP contribution in [0.5, 0.6) is 5.75 Å². The summed E-state index contributed by atoms with van der Waals surface area (Å²) in [4.78, 5) is 13.6. The highest BCUT2D eigenvalue weighted by Crippen LogP contribution is 2.25. The first-order valence-electron chi connectivity index (χ1n) is 6.74. The van der Waals surface area contributed by atoms with Crippen LogP contribution in [0.25, 0.3) is 0 Å². The Kier molecular flexibility index (Phi) is 3.88. The standard InChI is InChI=1S/C15H20FNO3/c1-15(2,3)20-14(19)17-6-4-10-8-11(18)9-13(16)12(10)5-7-17/h8-9,18H,4-7H2,1-3H3. The van der Waals surface area contributed by atoms with Crippen molar-refractivity contribution in [3.05, 3.63) is 29.1 Å². The Labute approximate surface area is 118 Å². The van der Waals surface area contributed by atoms with E-state index in [2.05, 4.69) is 0 Å². The summed E-state index contributed by atoms with van der Waals surface area (Å²) in [7, 11) is 0.